The van der Waals surface area contributed by atoms with Gasteiger partial charge in [-0.2, -0.15) is 13.2 Å². The maximum atomic E-state index is 13.5. The number of ether oxygens (including phenoxy) is 2. The third-order valence-electron chi connectivity index (χ3n) is 4.81. The van der Waals surface area contributed by atoms with Crippen molar-refractivity contribution < 1.29 is 44.8 Å². The zero-order valence-electron chi connectivity index (χ0n) is 19.2. The van der Waals surface area contributed by atoms with Crippen LogP contribution in [-0.4, -0.2) is 32.9 Å². The highest BCUT2D eigenvalue weighted by molar-refractivity contribution is 7.91. The smallest absolute Gasteiger partial charge is 0.437 e. The van der Waals surface area contributed by atoms with Crippen LogP contribution in [0.1, 0.15) is 27.2 Å². The van der Waals surface area contributed by atoms with E-state index in [1.54, 1.807) is 0 Å². The van der Waals surface area contributed by atoms with Crippen LogP contribution in [0, 0.1) is 18.6 Å². The van der Waals surface area contributed by atoms with Gasteiger partial charge in [0, 0.05) is 16.8 Å². The lowest BCUT2D eigenvalue weighted by molar-refractivity contribution is -0.274. The number of anilines is 1. The lowest BCUT2D eigenvalue weighted by Gasteiger charge is -2.17. The Balaban J connectivity index is 2.04. The van der Waals surface area contributed by atoms with Crippen molar-refractivity contribution in [2.45, 2.75) is 31.3 Å². The first kappa shape index (κ1) is 27.7. The van der Waals surface area contributed by atoms with Crippen LogP contribution >= 0.6 is 0 Å². The minimum absolute atomic E-state index is 0.0323. The van der Waals surface area contributed by atoms with Crippen molar-refractivity contribution in [1.82, 2.24) is 10.2 Å². The number of alkyl halides is 6. The molecular formula is C22H18F6N4O4S. The summed E-state index contributed by atoms with van der Waals surface area (Å²) in [6.07, 6.45) is -8.76. The predicted octanol–water partition coefficient (Wildman–Crippen LogP) is 6.09. The van der Waals surface area contributed by atoms with Gasteiger partial charge in [0.05, 0.1) is 9.73 Å². The zero-order chi connectivity index (χ0) is 27.8. The molecule has 0 spiro atoms. The third-order valence-corrected chi connectivity index (χ3v) is 5.96. The molecule has 2 N–H and O–H groups in total. The van der Waals surface area contributed by atoms with E-state index in [0.29, 0.717) is 0 Å². The highest BCUT2D eigenvalue weighted by Crippen LogP contribution is 2.36. The molecule has 37 heavy (non-hydrogen) atoms. The van der Waals surface area contributed by atoms with Crippen LogP contribution < -0.4 is 14.8 Å². The van der Waals surface area contributed by atoms with Crippen LogP contribution in [0.25, 0.3) is 0 Å². The molecule has 0 fully saturated rings. The molecule has 0 aliphatic carbocycles. The molecule has 1 unspecified atom stereocenters. The third kappa shape index (κ3) is 6.87. The van der Waals surface area contributed by atoms with Crippen molar-refractivity contribution in [2.24, 2.45) is 0 Å². The number of halogens is 6. The average molecular weight is 548 g/mol. The Morgan fingerprint density at radius 1 is 1.03 bits per heavy atom. The van der Waals surface area contributed by atoms with E-state index in [-0.39, 0.29) is 21.9 Å². The van der Waals surface area contributed by atoms with Gasteiger partial charge in [0.25, 0.3) is 11.8 Å². The topological polar surface area (TPSA) is 114 Å². The molecule has 3 aromatic rings. The highest BCUT2D eigenvalue weighted by Gasteiger charge is 2.38. The summed E-state index contributed by atoms with van der Waals surface area (Å²) in [6, 6.07) is 8.32. The van der Waals surface area contributed by atoms with Gasteiger partial charge in [-0.05, 0) is 61.4 Å². The van der Waals surface area contributed by atoms with Gasteiger partial charge in [0.15, 0.2) is 5.69 Å². The molecule has 0 aliphatic rings. The molecule has 0 saturated heterocycles. The number of hydrogen-bond donors (Lipinski definition) is 2. The number of carbonyl (C=O) groups is 1. The zero-order valence-corrected chi connectivity index (χ0v) is 20.1. The van der Waals surface area contributed by atoms with E-state index in [0.717, 1.165) is 31.4 Å². The van der Waals surface area contributed by atoms with Crippen LogP contribution in [0.2, 0.25) is 0 Å². The molecular weight excluding hydrogens is 530 g/mol. The maximum Gasteiger partial charge on any atom is 0.573 e. The van der Waals surface area contributed by atoms with Crippen molar-refractivity contribution in [2.75, 3.05) is 11.6 Å². The summed E-state index contributed by atoms with van der Waals surface area (Å²) >= 11 is 0. The number of aryl methyl sites for hydroxylation is 1. The predicted molar refractivity (Wildman–Crippen MR) is 119 cm³/mol. The number of nitrogens with one attached hydrogen (secondary N) is 2. The lowest BCUT2D eigenvalue weighted by Crippen LogP contribution is -2.21. The van der Waals surface area contributed by atoms with Crippen molar-refractivity contribution >= 4 is 21.3 Å². The molecule has 2 aromatic carbocycles. The molecule has 1 heterocycles. The van der Waals surface area contributed by atoms with Gasteiger partial charge in [-0.25, -0.2) is 8.99 Å². The molecule has 3 rings (SSSR count). The van der Waals surface area contributed by atoms with Gasteiger partial charge in [-0.1, -0.05) is 6.07 Å². The summed E-state index contributed by atoms with van der Waals surface area (Å²) in [5, 5.41) is 8.88. The second-order valence-corrected chi connectivity index (χ2v) is 9.91. The number of benzene rings is 2. The normalized spacial score (nSPS) is 13.5. The number of carbonyl (C=O) groups excluding carboxylic acids is 1. The van der Waals surface area contributed by atoms with Gasteiger partial charge in [0.2, 0.25) is 0 Å². The van der Waals surface area contributed by atoms with E-state index in [1.165, 1.54) is 31.2 Å². The Labute approximate surface area is 206 Å². The van der Waals surface area contributed by atoms with Gasteiger partial charge < -0.3 is 14.8 Å². The van der Waals surface area contributed by atoms with E-state index in [1.807, 2.05) is 0 Å². The molecule has 1 aromatic heterocycles. The molecule has 0 radical (unpaired) electrons. The molecule has 8 nitrogen and oxygen atoms in total. The standard InChI is InChI=1S/C22H18F6N4O4S/c1-11-9-14(36-22(26,27)28)7-8-16(11)35-20-17(12(2)18(31-32-20)21(23,24)25)19(33)30-13-5-4-6-15(10-13)37(3,29)34/h4-10,29H,1-3H3,(H,30,33). The van der Waals surface area contributed by atoms with Crippen molar-refractivity contribution in [3.05, 3.63) is 64.8 Å². The van der Waals surface area contributed by atoms with Gasteiger partial charge in [-0.3, -0.25) is 4.79 Å². The van der Waals surface area contributed by atoms with Crippen LogP contribution in [0.5, 0.6) is 17.4 Å². The quantitative estimate of drug-likeness (QED) is 0.361. The van der Waals surface area contributed by atoms with Crippen LogP contribution in [0.15, 0.2) is 47.4 Å². The summed E-state index contributed by atoms with van der Waals surface area (Å²) in [5.74, 6) is -2.43. The van der Waals surface area contributed by atoms with Crippen molar-refractivity contribution in [3.63, 3.8) is 0 Å². The Bertz CT molecular complexity index is 1460. The molecule has 1 atom stereocenters. The minimum atomic E-state index is -4.96. The number of aromatic nitrogens is 2. The highest BCUT2D eigenvalue weighted by atomic mass is 32.2. The Morgan fingerprint density at radius 3 is 2.27 bits per heavy atom. The molecule has 0 aliphatic heterocycles. The Morgan fingerprint density at radius 2 is 1.70 bits per heavy atom. The molecule has 198 valence electrons. The minimum Gasteiger partial charge on any atom is -0.437 e. The largest absolute Gasteiger partial charge is 0.573 e. The Hall–Kier alpha value is -3.88. The second-order valence-electron chi connectivity index (χ2n) is 7.75. The second kappa shape index (κ2) is 9.88. The van der Waals surface area contributed by atoms with E-state index in [4.69, 9.17) is 9.52 Å². The first-order chi connectivity index (χ1) is 17.0. The summed E-state index contributed by atoms with van der Waals surface area (Å²) in [4.78, 5) is 13.2. The number of amides is 1. The van der Waals surface area contributed by atoms with E-state index < -0.39 is 56.6 Å². The number of nitrogens with zero attached hydrogens (tertiary/aromatic N) is 2. The molecule has 1 amide bonds. The van der Waals surface area contributed by atoms with Gasteiger partial charge >= 0.3 is 12.5 Å². The van der Waals surface area contributed by atoms with Gasteiger partial charge in [0.1, 0.15) is 17.1 Å². The monoisotopic (exact) mass is 548 g/mol. The number of rotatable bonds is 6. The summed E-state index contributed by atoms with van der Waals surface area (Å²) < 4.78 is 107. The fraction of sp³-hybridized carbons (Fsp3) is 0.227. The van der Waals surface area contributed by atoms with Crippen LogP contribution in [-0.2, 0) is 15.9 Å². The lowest BCUT2D eigenvalue weighted by atomic mass is 10.1. The van der Waals surface area contributed by atoms with Crippen LogP contribution in [0.4, 0.5) is 32.0 Å². The maximum absolute atomic E-state index is 13.5. The fourth-order valence-corrected chi connectivity index (χ4v) is 3.84. The van der Waals surface area contributed by atoms with E-state index >= 15 is 0 Å². The molecule has 0 saturated carbocycles. The first-order valence-electron chi connectivity index (χ1n) is 10.1. The van der Waals surface area contributed by atoms with Crippen molar-refractivity contribution in [3.8, 4) is 17.4 Å². The summed E-state index contributed by atoms with van der Waals surface area (Å²) in [6.45, 7) is 2.32. The molecule has 0 bridgehead atoms. The van der Waals surface area contributed by atoms with E-state index in [2.05, 4.69) is 20.3 Å². The van der Waals surface area contributed by atoms with E-state index in [9.17, 15) is 35.3 Å². The fourth-order valence-electron chi connectivity index (χ4n) is 3.15. The Kier molecular flexibility index (Phi) is 7.40. The molecule has 15 heteroatoms. The average Bonchev–Trinajstić information content (AvgIpc) is 2.73. The number of hydrogen-bond acceptors (Lipinski definition) is 7. The SMILES string of the molecule is Cc1cc(OC(F)(F)F)ccc1Oc1nnc(C(F)(F)F)c(C)c1C(=O)Nc1cccc(S(C)(=N)=O)c1. The summed E-state index contributed by atoms with van der Waals surface area (Å²) in [7, 11) is -3.16. The van der Waals surface area contributed by atoms with Gasteiger partial charge in [-0.15, -0.1) is 23.4 Å². The van der Waals surface area contributed by atoms with Crippen molar-refractivity contribution in [1.29, 1.82) is 4.78 Å². The summed E-state index contributed by atoms with van der Waals surface area (Å²) in [5.41, 5.74) is -2.60. The van der Waals surface area contributed by atoms with Crippen LogP contribution in [0.3, 0.4) is 0 Å². The first-order valence-corrected chi connectivity index (χ1v) is 12.1.